The molecule has 1 saturated heterocycles. The molecule has 1 atom stereocenters. The van der Waals surface area contributed by atoms with Gasteiger partial charge in [0.05, 0.1) is 5.56 Å². The summed E-state index contributed by atoms with van der Waals surface area (Å²) in [6.07, 6.45) is -2.24. The average Bonchev–Trinajstić information content (AvgIpc) is 2.60. The van der Waals surface area contributed by atoms with Crippen molar-refractivity contribution in [2.75, 3.05) is 13.1 Å². The smallest absolute Gasteiger partial charge is 0.416 e. The van der Waals surface area contributed by atoms with Crippen molar-refractivity contribution in [1.29, 1.82) is 0 Å². The molecule has 1 aliphatic rings. The largest absolute Gasteiger partial charge is 0.444 e. The lowest BCUT2D eigenvalue weighted by molar-refractivity contribution is -0.137. The van der Waals surface area contributed by atoms with Crippen molar-refractivity contribution in [2.24, 2.45) is 0 Å². The molecule has 1 heterocycles. The Hall–Kier alpha value is -2.25. The molecule has 1 aromatic rings. The fraction of sp³-hybridized carbons (Fsp3) is 0.600. The summed E-state index contributed by atoms with van der Waals surface area (Å²) >= 11 is 0. The minimum Gasteiger partial charge on any atom is -0.444 e. The third-order valence-electron chi connectivity index (χ3n) is 4.43. The van der Waals surface area contributed by atoms with Crippen molar-refractivity contribution >= 4 is 12.0 Å². The van der Waals surface area contributed by atoms with E-state index in [0.29, 0.717) is 24.9 Å². The lowest BCUT2D eigenvalue weighted by atomic mass is 10.0. The average molecular weight is 400 g/mol. The maximum atomic E-state index is 12.6. The van der Waals surface area contributed by atoms with Gasteiger partial charge >= 0.3 is 12.3 Å². The van der Waals surface area contributed by atoms with E-state index in [1.54, 1.807) is 20.8 Å². The van der Waals surface area contributed by atoms with E-state index in [1.165, 1.54) is 17.0 Å². The van der Waals surface area contributed by atoms with Crippen molar-refractivity contribution in [2.45, 2.75) is 64.3 Å². The van der Waals surface area contributed by atoms with E-state index >= 15 is 0 Å². The molecule has 0 aliphatic carbocycles. The fourth-order valence-electron chi connectivity index (χ4n) is 3.05. The molecule has 0 radical (unpaired) electrons. The second kappa shape index (κ2) is 8.84. The summed E-state index contributed by atoms with van der Waals surface area (Å²) in [6, 6.07) is 4.28. The molecule has 1 aliphatic heterocycles. The van der Waals surface area contributed by atoms with Crippen LogP contribution in [0, 0.1) is 0 Å². The Morgan fingerprint density at radius 1 is 1.14 bits per heavy atom. The molecule has 0 spiro atoms. The zero-order valence-corrected chi connectivity index (χ0v) is 16.4. The summed E-state index contributed by atoms with van der Waals surface area (Å²) in [6.45, 7) is 6.06. The third-order valence-corrected chi connectivity index (χ3v) is 4.43. The number of hydrogen-bond acceptors (Lipinski definition) is 3. The third kappa shape index (κ3) is 6.42. The van der Waals surface area contributed by atoms with Crippen LogP contribution in [0.25, 0.3) is 0 Å². The molecule has 5 nitrogen and oxygen atoms in total. The van der Waals surface area contributed by atoms with E-state index in [0.717, 1.165) is 25.0 Å². The van der Waals surface area contributed by atoms with E-state index in [9.17, 15) is 22.8 Å². The second-order valence-corrected chi connectivity index (χ2v) is 7.92. The lowest BCUT2D eigenvalue weighted by Crippen LogP contribution is -2.53. The van der Waals surface area contributed by atoms with Crippen molar-refractivity contribution in [3.05, 3.63) is 35.4 Å². The predicted molar refractivity (Wildman–Crippen MR) is 98.7 cm³/mol. The molecule has 2 rings (SSSR count). The van der Waals surface area contributed by atoms with Gasteiger partial charge in [-0.1, -0.05) is 12.1 Å². The van der Waals surface area contributed by atoms with Crippen LogP contribution in [0.1, 0.15) is 51.2 Å². The Kier molecular flexibility index (Phi) is 6.96. The number of piperidine rings is 1. The van der Waals surface area contributed by atoms with Crippen LogP contribution in [0.15, 0.2) is 24.3 Å². The first kappa shape index (κ1) is 22.0. The Bertz CT molecular complexity index is 681. The number of alkyl halides is 3. The van der Waals surface area contributed by atoms with E-state index in [-0.39, 0.29) is 12.5 Å². The first-order chi connectivity index (χ1) is 13.0. The van der Waals surface area contributed by atoms with Gasteiger partial charge in [-0.3, -0.25) is 9.69 Å². The topological polar surface area (TPSA) is 58.6 Å². The highest BCUT2D eigenvalue weighted by atomic mass is 19.4. The van der Waals surface area contributed by atoms with Crippen LogP contribution in [0.3, 0.4) is 0 Å². The minimum atomic E-state index is -4.36. The van der Waals surface area contributed by atoms with Crippen molar-refractivity contribution in [3.8, 4) is 0 Å². The maximum Gasteiger partial charge on any atom is 0.416 e. The van der Waals surface area contributed by atoms with E-state index < -0.39 is 29.5 Å². The van der Waals surface area contributed by atoms with Crippen LogP contribution >= 0.6 is 0 Å². The normalized spacial score (nSPS) is 17.9. The Morgan fingerprint density at radius 2 is 1.79 bits per heavy atom. The minimum absolute atomic E-state index is 0.266. The Morgan fingerprint density at radius 3 is 2.36 bits per heavy atom. The molecular formula is C20H27F3N2O3. The standard InChI is InChI=1S/C20H27F3N2O3/c1-19(2,3)28-18(27)25-13-5-4-6-16(25)17(26)24-12-11-14-7-9-15(10-8-14)20(21,22)23/h7-10,16H,4-6,11-13H2,1-3H3,(H,24,26). The van der Waals surface area contributed by atoms with Gasteiger partial charge in [0.1, 0.15) is 11.6 Å². The van der Waals surface area contributed by atoms with Gasteiger partial charge in [-0.05, 0) is 64.2 Å². The first-order valence-corrected chi connectivity index (χ1v) is 9.41. The number of carbonyl (C=O) groups excluding carboxylic acids is 2. The van der Waals surface area contributed by atoms with Gasteiger partial charge in [0.25, 0.3) is 0 Å². The second-order valence-electron chi connectivity index (χ2n) is 7.92. The number of amides is 2. The zero-order chi connectivity index (χ0) is 20.9. The highest BCUT2D eigenvalue weighted by Crippen LogP contribution is 2.29. The van der Waals surface area contributed by atoms with Crippen molar-refractivity contribution in [1.82, 2.24) is 10.2 Å². The molecule has 156 valence electrons. The van der Waals surface area contributed by atoms with Crippen LogP contribution in [0.4, 0.5) is 18.0 Å². The molecule has 1 aromatic carbocycles. The van der Waals surface area contributed by atoms with Gasteiger partial charge in [-0.25, -0.2) is 4.79 Å². The Balaban J connectivity index is 1.89. The predicted octanol–water partition coefficient (Wildman–Crippen LogP) is 4.15. The maximum absolute atomic E-state index is 12.6. The number of hydrogen-bond donors (Lipinski definition) is 1. The van der Waals surface area contributed by atoms with Gasteiger partial charge in [0.15, 0.2) is 0 Å². The van der Waals surface area contributed by atoms with E-state index in [4.69, 9.17) is 4.74 Å². The summed E-state index contributed by atoms with van der Waals surface area (Å²) in [5, 5.41) is 2.78. The quantitative estimate of drug-likeness (QED) is 0.826. The Labute approximate surface area is 163 Å². The van der Waals surface area contributed by atoms with Crippen LogP contribution in [0.2, 0.25) is 0 Å². The fourth-order valence-corrected chi connectivity index (χ4v) is 3.05. The summed E-state index contributed by atoms with van der Waals surface area (Å²) in [4.78, 5) is 26.4. The van der Waals surface area contributed by atoms with Crippen LogP contribution in [-0.4, -0.2) is 41.6 Å². The summed E-state index contributed by atoms with van der Waals surface area (Å²) in [7, 11) is 0. The highest BCUT2D eigenvalue weighted by Gasteiger charge is 2.34. The van der Waals surface area contributed by atoms with Gasteiger partial charge in [-0.2, -0.15) is 13.2 Å². The molecule has 0 saturated carbocycles. The first-order valence-electron chi connectivity index (χ1n) is 9.41. The van der Waals surface area contributed by atoms with Gasteiger partial charge in [0.2, 0.25) is 5.91 Å². The molecular weight excluding hydrogens is 373 g/mol. The number of nitrogens with zero attached hydrogens (tertiary/aromatic N) is 1. The summed E-state index contributed by atoms with van der Waals surface area (Å²) < 4.78 is 43.2. The molecule has 8 heteroatoms. The van der Waals surface area contributed by atoms with Crippen LogP contribution < -0.4 is 5.32 Å². The van der Waals surface area contributed by atoms with Crippen molar-refractivity contribution in [3.63, 3.8) is 0 Å². The number of carbonyl (C=O) groups is 2. The lowest BCUT2D eigenvalue weighted by Gasteiger charge is -2.35. The molecule has 0 bridgehead atoms. The van der Waals surface area contributed by atoms with Crippen molar-refractivity contribution < 1.29 is 27.5 Å². The molecule has 0 aromatic heterocycles. The summed E-state index contributed by atoms with van der Waals surface area (Å²) in [5.41, 5.74) is -0.644. The monoisotopic (exact) mass is 400 g/mol. The molecule has 1 fully saturated rings. The number of rotatable bonds is 4. The van der Waals surface area contributed by atoms with Crippen LogP contribution in [-0.2, 0) is 22.1 Å². The number of nitrogens with one attached hydrogen (secondary N) is 1. The van der Waals surface area contributed by atoms with Gasteiger partial charge in [-0.15, -0.1) is 0 Å². The molecule has 28 heavy (non-hydrogen) atoms. The molecule has 2 amide bonds. The van der Waals surface area contributed by atoms with E-state index in [2.05, 4.69) is 5.32 Å². The number of ether oxygens (including phenoxy) is 1. The summed E-state index contributed by atoms with van der Waals surface area (Å²) in [5.74, 6) is -0.266. The molecule has 1 N–H and O–H groups in total. The number of benzene rings is 1. The van der Waals surface area contributed by atoms with Gasteiger partial charge < -0.3 is 10.1 Å². The zero-order valence-electron chi connectivity index (χ0n) is 16.4. The number of likely N-dealkylation sites (tertiary alicyclic amines) is 1. The SMILES string of the molecule is CC(C)(C)OC(=O)N1CCCCC1C(=O)NCCc1ccc(C(F)(F)F)cc1. The highest BCUT2D eigenvalue weighted by molar-refractivity contribution is 5.85. The van der Waals surface area contributed by atoms with E-state index in [1.807, 2.05) is 0 Å². The number of halogens is 3. The van der Waals surface area contributed by atoms with Gasteiger partial charge in [0, 0.05) is 13.1 Å². The molecule has 1 unspecified atom stereocenters. The van der Waals surface area contributed by atoms with Crippen LogP contribution in [0.5, 0.6) is 0 Å².